The molecule has 9 nitrogen and oxygen atoms in total. The first-order valence-electron chi connectivity index (χ1n) is 8.53. The van der Waals surface area contributed by atoms with Gasteiger partial charge in [0.2, 0.25) is 17.6 Å². The van der Waals surface area contributed by atoms with E-state index < -0.39 is 18.5 Å². The predicted molar refractivity (Wildman–Crippen MR) is 95.3 cm³/mol. The maximum absolute atomic E-state index is 11.7. The maximum Gasteiger partial charge on any atom is 0.306 e. The first-order valence-corrected chi connectivity index (χ1v) is 8.53. The second kappa shape index (κ2) is 10.0. The quantitative estimate of drug-likeness (QED) is 0.624. The molecule has 0 spiro atoms. The fourth-order valence-corrected chi connectivity index (χ4v) is 2.09. The molecule has 2 amide bonds. The third kappa shape index (κ3) is 7.27. The minimum atomic E-state index is -0.573. The summed E-state index contributed by atoms with van der Waals surface area (Å²) >= 11 is 0. The van der Waals surface area contributed by atoms with Crippen LogP contribution in [0.1, 0.15) is 26.2 Å². The zero-order valence-electron chi connectivity index (χ0n) is 15.2. The number of rotatable bonds is 9. The van der Waals surface area contributed by atoms with Crippen molar-refractivity contribution < 1.29 is 23.6 Å². The Morgan fingerprint density at radius 2 is 1.89 bits per heavy atom. The molecule has 2 rings (SSSR count). The summed E-state index contributed by atoms with van der Waals surface area (Å²) < 4.78 is 9.96. The number of esters is 1. The van der Waals surface area contributed by atoms with Crippen LogP contribution in [-0.2, 0) is 25.5 Å². The molecule has 1 heterocycles. The van der Waals surface area contributed by atoms with Gasteiger partial charge in [0.15, 0.2) is 6.61 Å². The molecule has 0 aliphatic carbocycles. The Labute approximate surface area is 156 Å². The van der Waals surface area contributed by atoms with Gasteiger partial charge in [-0.25, -0.2) is 0 Å². The second-order valence-electron chi connectivity index (χ2n) is 6.04. The summed E-state index contributed by atoms with van der Waals surface area (Å²) in [5.74, 6) is -0.684. The van der Waals surface area contributed by atoms with E-state index in [0.29, 0.717) is 11.7 Å². The number of aryl methyl sites for hydroxylation is 1. The van der Waals surface area contributed by atoms with E-state index in [1.54, 1.807) is 0 Å². The number of hydrogen-bond donors (Lipinski definition) is 2. The molecule has 0 aliphatic rings. The van der Waals surface area contributed by atoms with Crippen LogP contribution in [0.15, 0.2) is 34.9 Å². The van der Waals surface area contributed by atoms with Gasteiger partial charge in [0, 0.05) is 18.0 Å². The SMILES string of the molecule is CC(C)NC(=O)CNC(=O)COC(=O)CCc1nc(-c2ccccc2)no1. The van der Waals surface area contributed by atoms with Gasteiger partial charge >= 0.3 is 5.97 Å². The lowest BCUT2D eigenvalue weighted by Gasteiger charge is -2.09. The van der Waals surface area contributed by atoms with E-state index in [-0.39, 0.29) is 31.3 Å². The van der Waals surface area contributed by atoms with Gasteiger partial charge in [-0.2, -0.15) is 4.98 Å². The van der Waals surface area contributed by atoms with E-state index >= 15 is 0 Å². The molecule has 0 unspecified atom stereocenters. The average molecular weight is 374 g/mol. The Bertz CT molecular complexity index is 773. The van der Waals surface area contributed by atoms with Crippen molar-refractivity contribution in [3.63, 3.8) is 0 Å². The number of ether oxygens (including phenoxy) is 1. The topological polar surface area (TPSA) is 123 Å². The minimum absolute atomic E-state index is 0.00244. The van der Waals surface area contributed by atoms with Crippen LogP contribution < -0.4 is 10.6 Å². The number of benzene rings is 1. The largest absolute Gasteiger partial charge is 0.456 e. The Kier molecular flexibility index (Phi) is 7.48. The van der Waals surface area contributed by atoms with E-state index in [2.05, 4.69) is 20.8 Å². The van der Waals surface area contributed by atoms with Gasteiger partial charge in [-0.05, 0) is 13.8 Å². The van der Waals surface area contributed by atoms with E-state index in [9.17, 15) is 14.4 Å². The van der Waals surface area contributed by atoms with Crippen molar-refractivity contribution in [1.29, 1.82) is 0 Å². The molecule has 2 aromatic rings. The smallest absolute Gasteiger partial charge is 0.306 e. The Morgan fingerprint density at radius 1 is 1.15 bits per heavy atom. The van der Waals surface area contributed by atoms with E-state index in [1.807, 2.05) is 44.2 Å². The molecule has 0 atom stereocenters. The van der Waals surface area contributed by atoms with Crippen LogP contribution in [0.3, 0.4) is 0 Å². The average Bonchev–Trinajstić information content (AvgIpc) is 3.12. The van der Waals surface area contributed by atoms with Crippen molar-refractivity contribution in [2.45, 2.75) is 32.7 Å². The highest BCUT2D eigenvalue weighted by Crippen LogP contribution is 2.15. The molecule has 1 aromatic heterocycles. The lowest BCUT2D eigenvalue weighted by Crippen LogP contribution is -2.41. The van der Waals surface area contributed by atoms with Crippen molar-refractivity contribution >= 4 is 17.8 Å². The third-order valence-electron chi connectivity index (χ3n) is 3.30. The summed E-state index contributed by atoms with van der Waals surface area (Å²) in [6, 6.07) is 9.29. The van der Waals surface area contributed by atoms with Crippen molar-refractivity contribution in [2.75, 3.05) is 13.2 Å². The van der Waals surface area contributed by atoms with Crippen LogP contribution in [0.25, 0.3) is 11.4 Å². The number of nitrogens with zero attached hydrogens (tertiary/aromatic N) is 2. The molecule has 0 saturated carbocycles. The number of nitrogens with one attached hydrogen (secondary N) is 2. The summed E-state index contributed by atoms with van der Waals surface area (Å²) in [6.07, 6.45) is 0.203. The summed E-state index contributed by atoms with van der Waals surface area (Å²) in [6.45, 7) is 3.01. The first-order chi connectivity index (χ1) is 12.9. The monoisotopic (exact) mass is 374 g/mol. The molecule has 0 bridgehead atoms. The number of amides is 2. The standard InChI is InChI=1S/C18H22N4O5/c1-12(2)20-14(23)10-19-15(24)11-26-17(25)9-8-16-21-18(22-27-16)13-6-4-3-5-7-13/h3-7,12H,8-11H2,1-2H3,(H,19,24)(H,20,23). The molecule has 27 heavy (non-hydrogen) atoms. The molecule has 9 heteroatoms. The zero-order valence-corrected chi connectivity index (χ0v) is 15.2. The molecule has 2 N–H and O–H groups in total. The van der Waals surface area contributed by atoms with Gasteiger partial charge in [-0.1, -0.05) is 35.5 Å². The first kappa shape index (κ1) is 20.1. The Balaban J connectivity index is 1.67. The number of carbonyl (C=O) groups excluding carboxylic acids is 3. The minimum Gasteiger partial charge on any atom is -0.456 e. The molecule has 0 aliphatic heterocycles. The van der Waals surface area contributed by atoms with E-state index in [0.717, 1.165) is 5.56 Å². The predicted octanol–water partition coefficient (Wildman–Crippen LogP) is 0.853. The van der Waals surface area contributed by atoms with E-state index in [1.165, 1.54) is 0 Å². The Hall–Kier alpha value is -3.23. The normalized spacial score (nSPS) is 10.5. The van der Waals surface area contributed by atoms with Crippen LogP contribution in [-0.4, -0.2) is 47.1 Å². The van der Waals surface area contributed by atoms with Gasteiger partial charge in [0.1, 0.15) is 0 Å². The number of hydrogen-bond acceptors (Lipinski definition) is 7. The van der Waals surface area contributed by atoms with Gasteiger partial charge in [-0.15, -0.1) is 0 Å². The summed E-state index contributed by atoms with van der Waals surface area (Å²) in [5, 5.41) is 8.86. The van der Waals surface area contributed by atoms with Gasteiger partial charge in [0.25, 0.3) is 5.91 Å². The Morgan fingerprint density at radius 3 is 2.59 bits per heavy atom. The summed E-state index contributed by atoms with van der Waals surface area (Å²) in [4.78, 5) is 38.9. The highest BCUT2D eigenvalue weighted by Gasteiger charge is 2.13. The van der Waals surface area contributed by atoms with Crippen LogP contribution in [0, 0.1) is 0 Å². The summed E-state index contributed by atoms with van der Waals surface area (Å²) in [5.41, 5.74) is 0.813. The molecule has 0 radical (unpaired) electrons. The lowest BCUT2D eigenvalue weighted by atomic mass is 10.2. The fraction of sp³-hybridized carbons (Fsp3) is 0.389. The molecule has 0 saturated heterocycles. The van der Waals surface area contributed by atoms with Gasteiger partial charge in [0.05, 0.1) is 13.0 Å². The fourth-order valence-electron chi connectivity index (χ4n) is 2.09. The van der Waals surface area contributed by atoms with Crippen LogP contribution in [0.5, 0.6) is 0 Å². The number of carbonyl (C=O) groups is 3. The van der Waals surface area contributed by atoms with E-state index in [4.69, 9.17) is 9.26 Å². The zero-order chi connectivity index (χ0) is 19.6. The maximum atomic E-state index is 11.7. The molecular weight excluding hydrogens is 352 g/mol. The second-order valence-corrected chi connectivity index (χ2v) is 6.04. The molecule has 0 fully saturated rings. The molecule has 1 aromatic carbocycles. The van der Waals surface area contributed by atoms with Crippen LogP contribution in [0.2, 0.25) is 0 Å². The lowest BCUT2D eigenvalue weighted by molar-refractivity contribution is -0.148. The van der Waals surface area contributed by atoms with Crippen molar-refractivity contribution in [3.05, 3.63) is 36.2 Å². The van der Waals surface area contributed by atoms with Crippen molar-refractivity contribution in [2.24, 2.45) is 0 Å². The molecular formula is C18H22N4O5. The third-order valence-corrected chi connectivity index (χ3v) is 3.30. The number of aromatic nitrogens is 2. The van der Waals surface area contributed by atoms with Crippen LogP contribution in [0.4, 0.5) is 0 Å². The molecule has 144 valence electrons. The summed E-state index contributed by atoms with van der Waals surface area (Å²) in [7, 11) is 0. The highest BCUT2D eigenvalue weighted by molar-refractivity contribution is 5.86. The highest BCUT2D eigenvalue weighted by atomic mass is 16.5. The van der Waals surface area contributed by atoms with Gasteiger partial charge in [-0.3, -0.25) is 14.4 Å². The van der Waals surface area contributed by atoms with Gasteiger partial charge < -0.3 is 19.9 Å². The van der Waals surface area contributed by atoms with Crippen LogP contribution >= 0.6 is 0 Å². The van der Waals surface area contributed by atoms with Crippen molar-refractivity contribution in [1.82, 2.24) is 20.8 Å². The van der Waals surface area contributed by atoms with Crippen molar-refractivity contribution in [3.8, 4) is 11.4 Å².